The zero-order valence-electron chi connectivity index (χ0n) is 14.6. The second-order valence-electron chi connectivity index (χ2n) is 6.07. The number of amides is 1. The Hall–Kier alpha value is -2.95. The summed E-state index contributed by atoms with van der Waals surface area (Å²) in [5.41, 5.74) is 7.68. The van der Waals surface area contributed by atoms with E-state index < -0.39 is 0 Å². The van der Waals surface area contributed by atoms with E-state index in [9.17, 15) is 9.59 Å². The molecule has 1 unspecified atom stereocenters. The van der Waals surface area contributed by atoms with Crippen LogP contribution in [0.1, 0.15) is 38.7 Å². The van der Waals surface area contributed by atoms with E-state index in [-0.39, 0.29) is 24.2 Å². The molecule has 0 aromatic heterocycles. The molecule has 0 heterocycles. The largest absolute Gasteiger partial charge is 0.294 e. The number of nitrogens with one attached hydrogen (secondary N) is 2. The molecule has 2 N–H and O–H groups in total. The zero-order valence-corrected chi connectivity index (χ0v) is 15.3. The Balaban J connectivity index is 1.73. The van der Waals surface area contributed by atoms with Crippen molar-refractivity contribution in [2.24, 2.45) is 0 Å². The van der Waals surface area contributed by atoms with Gasteiger partial charge in [-0.05, 0) is 29.8 Å². The maximum Gasteiger partial charge on any atom is 0.265 e. The van der Waals surface area contributed by atoms with Crippen LogP contribution in [0.2, 0.25) is 5.02 Å². The molecule has 1 amide bonds. The summed E-state index contributed by atoms with van der Waals surface area (Å²) in [6, 6.07) is 24.9. The minimum absolute atomic E-state index is 0.0622. The number of hydrogen-bond acceptors (Lipinski definition) is 3. The molecule has 0 aliphatic carbocycles. The molecular formula is C22H19ClN2O2. The molecule has 0 saturated heterocycles. The molecule has 0 aliphatic heterocycles. The molecule has 1 atom stereocenters. The summed E-state index contributed by atoms with van der Waals surface area (Å²) in [4.78, 5) is 25.0. The van der Waals surface area contributed by atoms with Gasteiger partial charge in [0.1, 0.15) is 0 Å². The first-order valence-electron chi connectivity index (χ1n) is 8.58. The van der Waals surface area contributed by atoms with Crippen molar-refractivity contribution in [1.82, 2.24) is 10.9 Å². The van der Waals surface area contributed by atoms with Gasteiger partial charge >= 0.3 is 0 Å². The van der Waals surface area contributed by atoms with Gasteiger partial charge in [0.15, 0.2) is 5.78 Å². The first kappa shape index (κ1) is 18.8. The maximum atomic E-state index is 12.7. The first-order valence-corrected chi connectivity index (χ1v) is 8.96. The molecule has 4 nitrogen and oxygen atoms in total. The fourth-order valence-electron chi connectivity index (χ4n) is 2.72. The number of ketones is 1. The summed E-state index contributed by atoms with van der Waals surface area (Å²) in [6.07, 6.45) is 0.180. The van der Waals surface area contributed by atoms with Crippen LogP contribution < -0.4 is 10.9 Å². The fraction of sp³-hybridized carbons (Fsp3) is 0.0909. The monoisotopic (exact) mass is 378 g/mol. The molecule has 136 valence electrons. The van der Waals surface area contributed by atoms with Crippen molar-refractivity contribution in [3.63, 3.8) is 0 Å². The van der Waals surface area contributed by atoms with Gasteiger partial charge in [-0.15, -0.1) is 0 Å². The minimum Gasteiger partial charge on any atom is -0.294 e. The predicted molar refractivity (Wildman–Crippen MR) is 107 cm³/mol. The number of halogens is 1. The van der Waals surface area contributed by atoms with E-state index in [1.807, 2.05) is 36.4 Å². The van der Waals surface area contributed by atoms with E-state index in [1.165, 1.54) is 0 Å². The number of carbonyl (C=O) groups excluding carboxylic acids is 2. The minimum atomic E-state index is -0.370. The quantitative estimate of drug-likeness (QED) is 0.467. The van der Waals surface area contributed by atoms with Gasteiger partial charge < -0.3 is 0 Å². The Morgan fingerprint density at radius 3 is 2.11 bits per heavy atom. The molecule has 3 aromatic carbocycles. The van der Waals surface area contributed by atoms with Crippen molar-refractivity contribution < 1.29 is 9.59 Å². The molecule has 0 saturated carbocycles. The van der Waals surface area contributed by atoms with Gasteiger partial charge in [0.25, 0.3) is 5.91 Å². The Kier molecular flexibility index (Phi) is 6.36. The first-order chi connectivity index (χ1) is 13.1. The van der Waals surface area contributed by atoms with Crippen LogP contribution in [0, 0.1) is 0 Å². The van der Waals surface area contributed by atoms with Crippen LogP contribution in [0.3, 0.4) is 0 Å². The maximum absolute atomic E-state index is 12.7. The highest BCUT2D eigenvalue weighted by Crippen LogP contribution is 2.20. The number of benzene rings is 3. The number of hydrazine groups is 1. The molecule has 0 spiro atoms. The Labute approximate surface area is 163 Å². The van der Waals surface area contributed by atoms with E-state index in [0.29, 0.717) is 16.1 Å². The lowest BCUT2D eigenvalue weighted by molar-refractivity contribution is 0.0900. The molecule has 0 radical (unpaired) electrons. The third-order valence-corrected chi connectivity index (χ3v) is 4.37. The number of Topliss-reactive ketones (excluding diaryl/α,β-unsaturated/α-hetero) is 1. The van der Waals surface area contributed by atoms with E-state index in [4.69, 9.17) is 11.6 Å². The summed E-state index contributed by atoms with van der Waals surface area (Å²) in [5, 5.41) is 0.516. The van der Waals surface area contributed by atoms with Gasteiger partial charge in [-0.2, -0.15) is 0 Å². The summed E-state index contributed by atoms with van der Waals surface area (Å²) in [7, 11) is 0. The zero-order chi connectivity index (χ0) is 19.1. The average molecular weight is 379 g/mol. The lowest BCUT2D eigenvalue weighted by atomic mass is 9.98. The van der Waals surface area contributed by atoms with E-state index in [2.05, 4.69) is 10.9 Å². The molecule has 0 aliphatic rings. The SMILES string of the molecule is O=C(CC(NNC(=O)c1ccccc1)c1ccccc1)c1cccc(Cl)c1. The van der Waals surface area contributed by atoms with Crippen LogP contribution in [0.25, 0.3) is 0 Å². The van der Waals surface area contributed by atoms with Crippen LogP contribution >= 0.6 is 11.6 Å². The normalized spacial score (nSPS) is 11.6. The van der Waals surface area contributed by atoms with Crippen molar-refractivity contribution in [2.45, 2.75) is 12.5 Å². The lowest BCUT2D eigenvalue weighted by Gasteiger charge is -2.19. The van der Waals surface area contributed by atoms with Gasteiger partial charge in [-0.25, -0.2) is 5.43 Å². The molecule has 27 heavy (non-hydrogen) atoms. The Morgan fingerprint density at radius 2 is 1.44 bits per heavy atom. The summed E-state index contributed by atoms with van der Waals surface area (Å²) in [6.45, 7) is 0. The van der Waals surface area contributed by atoms with Crippen molar-refractivity contribution in [1.29, 1.82) is 0 Å². The second-order valence-corrected chi connectivity index (χ2v) is 6.50. The summed E-state index contributed by atoms with van der Waals surface area (Å²) < 4.78 is 0. The van der Waals surface area contributed by atoms with E-state index >= 15 is 0 Å². The summed E-state index contributed by atoms with van der Waals surface area (Å²) >= 11 is 5.99. The van der Waals surface area contributed by atoms with Gasteiger partial charge in [0.05, 0.1) is 6.04 Å². The third kappa shape index (κ3) is 5.26. The van der Waals surface area contributed by atoms with E-state index in [1.54, 1.807) is 48.5 Å². The average Bonchev–Trinajstić information content (AvgIpc) is 2.72. The fourth-order valence-corrected chi connectivity index (χ4v) is 2.91. The van der Waals surface area contributed by atoms with Crippen molar-refractivity contribution >= 4 is 23.3 Å². The van der Waals surface area contributed by atoms with Crippen LogP contribution in [-0.4, -0.2) is 11.7 Å². The topological polar surface area (TPSA) is 58.2 Å². The second kappa shape index (κ2) is 9.12. The lowest BCUT2D eigenvalue weighted by Crippen LogP contribution is -2.40. The molecule has 0 fully saturated rings. The highest BCUT2D eigenvalue weighted by molar-refractivity contribution is 6.31. The highest BCUT2D eigenvalue weighted by Gasteiger charge is 2.18. The van der Waals surface area contributed by atoms with Crippen molar-refractivity contribution in [2.75, 3.05) is 0 Å². The van der Waals surface area contributed by atoms with E-state index in [0.717, 1.165) is 5.56 Å². The van der Waals surface area contributed by atoms with Crippen LogP contribution in [0.5, 0.6) is 0 Å². The molecule has 0 bridgehead atoms. The molecule has 3 aromatic rings. The molecular weight excluding hydrogens is 360 g/mol. The number of carbonyl (C=O) groups is 2. The number of rotatable bonds is 7. The predicted octanol–water partition coefficient (Wildman–Crippen LogP) is 4.59. The van der Waals surface area contributed by atoms with Gasteiger partial charge in [0.2, 0.25) is 0 Å². The van der Waals surface area contributed by atoms with Crippen molar-refractivity contribution in [3.8, 4) is 0 Å². The highest BCUT2D eigenvalue weighted by atomic mass is 35.5. The standard InChI is InChI=1S/C22H19ClN2O2/c23-19-13-7-12-18(14-19)21(26)15-20(16-8-3-1-4-9-16)24-25-22(27)17-10-5-2-6-11-17/h1-14,20,24H,15H2,(H,25,27). The molecule has 5 heteroatoms. The number of hydrogen-bond donors (Lipinski definition) is 2. The van der Waals surface area contributed by atoms with Crippen molar-refractivity contribution in [3.05, 3.63) is 107 Å². The molecule has 3 rings (SSSR count). The smallest absolute Gasteiger partial charge is 0.265 e. The van der Waals surface area contributed by atoms with Crippen LogP contribution in [0.4, 0.5) is 0 Å². The van der Waals surface area contributed by atoms with Gasteiger partial charge in [-0.1, -0.05) is 72.3 Å². The van der Waals surface area contributed by atoms with Crippen LogP contribution in [-0.2, 0) is 0 Å². The summed E-state index contributed by atoms with van der Waals surface area (Å²) in [5.74, 6) is -0.320. The van der Waals surface area contributed by atoms with Gasteiger partial charge in [-0.3, -0.25) is 15.0 Å². The van der Waals surface area contributed by atoms with Crippen LogP contribution in [0.15, 0.2) is 84.9 Å². The third-order valence-electron chi connectivity index (χ3n) is 4.13. The van der Waals surface area contributed by atoms with Gasteiger partial charge in [0, 0.05) is 22.6 Å². The Bertz CT molecular complexity index is 914. The Morgan fingerprint density at radius 1 is 0.815 bits per heavy atom.